The minimum atomic E-state index is 0.254. The van der Waals surface area contributed by atoms with Gasteiger partial charge in [-0.2, -0.15) is 11.8 Å². The van der Waals surface area contributed by atoms with Crippen LogP contribution in [0.5, 0.6) is 0 Å². The van der Waals surface area contributed by atoms with Crippen LogP contribution in [0.15, 0.2) is 18.2 Å². The molecule has 1 rings (SSSR count). The van der Waals surface area contributed by atoms with Crippen molar-refractivity contribution in [2.75, 3.05) is 25.6 Å². The van der Waals surface area contributed by atoms with Crippen LogP contribution in [0.4, 0.5) is 0 Å². The highest BCUT2D eigenvalue weighted by Crippen LogP contribution is 2.26. The molecule has 0 saturated carbocycles. The van der Waals surface area contributed by atoms with Crippen LogP contribution in [0.1, 0.15) is 24.1 Å². The molecule has 102 valence electrons. The third kappa shape index (κ3) is 3.89. The maximum atomic E-state index is 6.01. The van der Waals surface area contributed by atoms with Gasteiger partial charge in [-0.3, -0.25) is 4.90 Å². The highest BCUT2D eigenvalue weighted by Gasteiger charge is 2.21. The van der Waals surface area contributed by atoms with Gasteiger partial charge in [0, 0.05) is 29.4 Å². The molecule has 2 unspecified atom stereocenters. The Morgan fingerprint density at radius 1 is 1.44 bits per heavy atom. The highest BCUT2D eigenvalue weighted by molar-refractivity contribution is 7.98. The summed E-state index contributed by atoms with van der Waals surface area (Å²) in [6, 6.07) is 6.80. The lowest BCUT2D eigenvalue weighted by Gasteiger charge is -2.33. The lowest BCUT2D eigenvalue weighted by atomic mass is 9.99. The average Bonchev–Trinajstić information content (AvgIpc) is 2.32. The Morgan fingerprint density at radius 3 is 2.61 bits per heavy atom. The van der Waals surface area contributed by atoms with E-state index in [-0.39, 0.29) is 6.04 Å². The number of benzene rings is 1. The zero-order valence-electron chi connectivity index (χ0n) is 11.6. The molecular weight excluding hydrogens is 264 g/mol. The van der Waals surface area contributed by atoms with Gasteiger partial charge in [-0.15, -0.1) is 0 Å². The molecule has 2 atom stereocenters. The predicted molar refractivity (Wildman–Crippen MR) is 83.6 cm³/mol. The molecule has 0 aliphatic rings. The minimum Gasteiger partial charge on any atom is -0.329 e. The van der Waals surface area contributed by atoms with Crippen LogP contribution in [-0.4, -0.2) is 36.5 Å². The van der Waals surface area contributed by atoms with Crippen LogP contribution >= 0.6 is 23.4 Å². The van der Waals surface area contributed by atoms with E-state index in [1.807, 2.05) is 23.9 Å². The summed E-state index contributed by atoms with van der Waals surface area (Å²) in [4.78, 5) is 2.35. The first-order valence-corrected chi connectivity index (χ1v) is 7.95. The fourth-order valence-electron chi connectivity index (χ4n) is 2.19. The van der Waals surface area contributed by atoms with E-state index in [1.165, 1.54) is 11.1 Å². The minimum absolute atomic E-state index is 0.254. The number of nitrogens with zero attached hydrogens (tertiary/aromatic N) is 1. The second kappa shape index (κ2) is 7.39. The second-order valence-electron chi connectivity index (χ2n) is 4.72. The zero-order valence-corrected chi connectivity index (χ0v) is 13.2. The van der Waals surface area contributed by atoms with Crippen molar-refractivity contribution in [1.29, 1.82) is 0 Å². The van der Waals surface area contributed by atoms with E-state index in [1.54, 1.807) is 0 Å². The number of rotatable bonds is 6. The van der Waals surface area contributed by atoms with Crippen LogP contribution in [0, 0.1) is 6.92 Å². The summed E-state index contributed by atoms with van der Waals surface area (Å²) < 4.78 is 0. The van der Waals surface area contributed by atoms with Gasteiger partial charge in [0.25, 0.3) is 0 Å². The maximum Gasteiger partial charge on any atom is 0.0473 e. The molecule has 0 amide bonds. The van der Waals surface area contributed by atoms with Crippen LogP contribution in [0.3, 0.4) is 0 Å². The van der Waals surface area contributed by atoms with E-state index in [9.17, 15) is 0 Å². The van der Waals surface area contributed by atoms with Gasteiger partial charge in [0.2, 0.25) is 0 Å². The zero-order chi connectivity index (χ0) is 13.7. The molecule has 0 radical (unpaired) electrons. The molecule has 0 fully saturated rings. The molecule has 0 heterocycles. The number of aryl methyl sites for hydroxylation is 1. The lowest BCUT2D eigenvalue weighted by molar-refractivity contribution is 0.203. The van der Waals surface area contributed by atoms with E-state index in [4.69, 9.17) is 17.3 Å². The topological polar surface area (TPSA) is 29.3 Å². The number of hydrogen-bond acceptors (Lipinski definition) is 3. The van der Waals surface area contributed by atoms with Gasteiger partial charge in [0.1, 0.15) is 0 Å². The van der Waals surface area contributed by atoms with Crippen LogP contribution in [0.25, 0.3) is 0 Å². The lowest BCUT2D eigenvalue weighted by Crippen LogP contribution is -2.38. The molecule has 0 aromatic heterocycles. The summed E-state index contributed by atoms with van der Waals surface area (Å²) >= 11 is 7.87. The van der Waals surface area contributed by atoms with E-state index in [0.29, 0.717) is 12.6 Å². The van der Waals surface area contributed by atoms with Gasteiger partial charge in [-0.1, -0.05) is 17.7 Å². The van der Waals surface area contributed by atoms with Crippen molar-refractivity contribution in [3.63, 3.8) is 0 Å². The molecule has 1 aromatic rings. The molecule has 4 heteroatoms. The van der Waals surface area contributed by atoms with Crippen molar-refractivity contribution in [2.24, 2.45) is 5.73 Å². The summed E-state index contributed by atoms with van der Waals surface area (Å²) in [5.41, 5.74) is 8.45. The molecule has 2 N–H and O–H groups in total. The van der Waals surface area contributed by atoms with Crippen molar-refractivity contribution in [3.8, 4) is 0 Å². The Bertz CT molecular complexity index is 384. The van der Waals surface area contributed by atoms with E-state index >= 15 is 0 Å². The van der Waals surface area contributed by atoms with Crippen molar-refractivity contribution >= 4 is 23.4 Å². The summed E-state index contributed by atoms with van der Waals surface area (Å²) in [5.74, 6) is 1.11. The van der Waals surface area contributed by atoms with Crippen molar-refractivity contribution in [2.45, 2.75) is 25.9 Å². The smallest absolute Gasteiger partial charge is 0.0473 e. The summed E-state index contributed by atoms with van der Waals surface area (Å²) in [7, 11) is 2.15. The molecule has 1 aromatic carbocycles. The van der Waals surface area contributed by atoms with Crippen LogP contribution in [-0.2, 0) is 0 Å². The Hall–Kier alpha value is -0.220. The first-order chi connectivity index (χ1) is 8.51. The number of hydrogen-bond donors (Lipinski definition) is 1. The number of likely N-dealkylation sites (N-methyl/N-ethyl adjacent to an activating group) is 1. The van der Waals surface area contributed by atoms with Gasteiger partial charge in [0.15, 0.2) is 0 Å². The van der Waals surface area contributed by atoms with Gasteiger partial charge in [-0.05, 0) is 50.4 Å². The first kappa shape index (κ1) is 15.8. The predicted octanol–water partition coefficient (Wildman–Crippen LogP) is 3.33. The summed E-state index contributed by atoms with van der Waals surface area (Å²) in [5, 5.41) is 0.784. The van der Waals surface area contributed by atoms with Gasteiger partial charge >= 0.3 is 0 Å². The Morgan fingerprint density at radius 2 is 2.11 bits per heavy atom. The van der Waals surface area contributed by atoms with Crippen LogP contribution in [0.2, 0.25) is 5.02 Å². The monoisotopic (exact) mass is 286 g/mol. The fraction of sp³-hybridized carbons (Fsp3) is 0.571. The molecular formula is C14H23ClN2S. The quantitative estimate of drug-likeness (QED) is 0.870. The SMILES string of the molecule is CSCC(C)N(C)C(CN)c1ccc(Cl)cc1C. The molecule has 0 aliphatic heterocycles. The maximum absolute atomic E-state index is 6.01. The number of thioether (sulfide) groups is 1. The van der Waals surface area contributed by atoms with Crippen molar-refractivity contribution in [1.82, 2.24) is 4.90 Å². The number of halogens is 1. The molecule has 0 aliphatic carbocycles. The van der Waals surface area contributed by atoms with Crippen molar-refractivity contribution in [3.05, 3.63) is 34.3 Å². The van der Waals surface area contributed by atoms with E-state index in [2.05, 4.69) is 38.1 Å². The molecule has 0 saturated heterocycles. The van der Waals surface area contributed by atoms with Gasteiger partial charge in [0.05, 0.1) is 0 Å². The summed E-state index contributed by atoms with van der Waals surface area (Å²) in [6.45, 7) is 4.96. The third-order valence-corrected chi connectivity index (χ3v) is 4.46. The fourth-order valence-corrected chi connectivity index (χ4v) is 3.14. The molecule has 0 bridgehead atoms. The summed E-state index contributed by atoms with van der Waals surface area (Å²) in [6.07, 6.45) is 2.13. The van der Waals surface area contributed by atoms with E-state index in [0.717, 1.165) is 10.8 Å². The Balaban J connectivity index is 2.94. The number of nitrogens with two attached hydrogens (primary N) is 1. The third-order valence-electron chi connectivity index (χ3n) is 3.41. The largest absolute Gasteiger partial charge is 0.329 e. The average molecular weight is 287 g/mol. The highest BCUT2D eigenvalue weighted by atomic mass is 35.5. The Labute approximate surface area is 120 Å². The van der Waals surface area contributed by atoms with Gasteiger partial charge < -0.3 is 5.73 Å². The normalized spacial score (nSPS) is 14.8. The van der Waals surface area contributed by atoms with Gasteiger partial charge in [-0.25, -0.2) is 0 Å². The molecule has 18 heavy (non-hydrogen) atoms. The second-order valence-corrected chi connectivity index (χ2v) is 6.07. The molecule has 2 nitrogen and oxygen atoms in total. The molecule has 0 spiro atoms. The standard InChI is InChI=1S/C14H23ClN2S/c1-10-7-12(15)5-6-13(10)14(8-16)17(3)11(2)9-18-4/h5-7,11,14H,8-9,16H2,1-4H3. The Kier molecular flexibility index (Phi) is 6.50. The van der Waals surface area contributed by atoms with E-state index < -0.39 is 0 Å². The van der Waals surface area contributed by atoms with Crippen molar-refractivity contribution < 1.29 is 0 Å². The van der Waals surface area contributed by atoms with Crippen LogP contribution < -0.4 is 5.73 Å². The first-order valence-electron chi connectivity index (χ1n) is 6.18.